The van der Waals surface area contributed by atoms with Crippen LogP contribution in [0.15, 0.2) is 48.7 Å². The van der Waals surface area contributed by atoms with Gasteiger partial charge in [0.05, 0.1) is 0 Å². The molecule has 1 aromatic carbocycles. The summed E-state index contributed by atoms with van der Waals surface area (Å²) in [5.74, 6) is -0.0786. The number of carbonyl (C=O) groups is 1. The summed E-state index contributed by atoms with van der Waals surface area (Å²) in [6, 6.07) is 13.9. The molecule has 2 aromatic rings. The Balaban J connectivity index is 2.03. The summed E-state index contributed by atoms with van der Waals surface area (Å²) < 4.78 is 0. The molecule has 4 nitrogen and oxygen atoms in total. The van der Waals surface area contributed by atoms with Crippen molar-refractivity contribution in [1.29, 1.82) is 0 Å². The van der Waals surface area contributed by atoms with E-state index in [1.165, 1.54) is 5.56 Å². The molecule has 0 saturated carbocycles. The van der Waals surface area contributed by atoms with Gasteiger partial charge in [0, 0.05) is 24.3 Å². The molecule has 0 bridgehead atoms. The predicted octanol–water partition coefficient (Wildman–Crippen LogP) is 2.79. The smallest absolute Gasteiger partial charge is 0.267 e. The molecule has 1 aromatic heterocycles. The number of benzene rings is 1. The number of carbonyl (C=O) groups excluding carboxylic acids is 1. The maximum atomic E-state index is 11.1. The Labute approximate surface area is 119 Å². The average molecular weight is 269 g/mol. The Bertz CT molecular complexity index is 569. The van der Waals surface area contributed by atoms with Crippen LogP contribution in [0.5, 0.6) is 0 Å². The second kappa shape index (κ2) is 6.70. The van der Waals surface area contributed by atoms with E-state index >= 15 is 0 Å². The minimum absolute atomic E-state index is 0.280. The van der Waals surface area contributed by atoms with Crippen molar-refractivity contribution in [2.24, 2.45) is 5.73 Å². The zero-order chi connectivity index (χ0) is 14.4. The summed E-state index contributed by atoms with van der Waals surface area (Å²) >= 11 is 0. The van der Waals surface area contributed by atoms with Gasteiger partial charge in [-0.15, -0.1) is 0 Å². The highest BCUT2D eigenvalue weighted by atomic mass is 16.1. The Morgan fingerprint density at radius 3 is 2.70 bits per heavy atom. The minimum atomic E-state index is -0.510. The van der Waals surface area contributed by atoms with Gasteiger partial charge in [0.2, 0.25) is 0 Å². The number of hydrogen-bond donors (Lipinski definition) is 2. The summed E-state index contributed by atoms with van der Waals surface area (Å²) in [5.41, 5.74) is 7.68. The van der Waals surface area contributed by atoms with Gasteiger partial charge in [-0.2, -0.15) is 0 Å². The topological polar surface area (TPSA) is 68.0 Å². The van der Waals surface area contributed by atoms with Crippen molar-refractivity contribution in [3.8, 4) is 0 Å². The van der Waals surface area contributed by atoms with Gasteiger partial charge in [0.15, 0.2) is 0 Å². The van der Waals surface area contributed by atoms with Crippen LogP contribution in [0.4, 0.5) is 5.69 Å². The van der Waals surface area contributed by atoms with Gasteiger partial charge in [0.25, 0.3) is 5.91 Å². The molecule has 4 heteroatoms. The van der Waals surface area contributed by atoms with E-state index in [1.807, 2.05) is 12.1 Å². The van der Waals surface area contributed by atoms with Crippen LogP contribution in [0.3, 0.4) is 0 Å². The van der Waals surface area contributed by atoms with E-state index in [0.717, 1.165) is 18.7 Å². The first-order valence-electron chi connectivity index (χ1n) is 6.75. The lowest BCUT2D eigenvalue weighted by Gasteiger charge is -2.17. The number of hydrogen-bond acceptors (Lipinski definition) is 3. The van der Waals surface area contributed by atoms with E-state index in [4.69, 9.17) is 5.73 Å². The predicted molar refractivity (Wildman–Crippen MR) is 80.7 cm³/mol. The van der Waals surface area contributed by atoms with Crippen molar-refractivity contribution in [2.75, 3.05) is 11.9 Å². The Hall–Kier alpha value is -2.36. The van der Waals surface area contributed by atoms with E-state index in [-0.39, 0.29) is 5.69 Å². The van der Waals surface area contributed by atoms with E-state index in [9.17, 15) is 4.79 Å². The van der Waals surface area contributed by atoms with Gasteiger partial charge < -0.3 is 11.1 Å². The number of rotatable bonds is 6. The maximum absolute atomic E-state index is 11.1. The van der Waals surface area contributed by atoms with Crippen molar-refractivity contribution in [3.05, 3.63) is 59.9 Å². The lowest BCUT2D eigenvalue weighted by atomic mass is 9.96. The first-order valence-corrected chi connectivity index (χ1v) is 6.75. The lowest BCUT2D eigenvalue weighted by molar-refractivity contribution is 0.0995. The average Bonchev–Trinajstić information content (AvgIpc) is 2.49. The maximum Gasteiger partial charge on any atom is 0.267 e. The van der Waals surface area contributed by atoms with E-state index in [1.54, 1.807) is 12.3 Å². The highest BCUT2D eigenvalue weighted by Crippen LogP contribution is 2.20. The third-order valence-corrected chi connectivity index (χ3v) is 3.33. The molecule has 0 aliphatic rings. The number of nitrogens with zero attached hydrogens (tertiary/aromatic N) is 1. The molecule has 1 heterocycles. The largest absolute Gasteiger partial charge is 0.384 e. The lowest BCUT2D eigenvalue weighted by Crippen LogP contribution is -2.15. The fourth-order valence-corrected chi connectivity index (χ4v) is 2.14. The molecule has 20 heavy (non-hydrogen) atoms. The molecule has 0 fully saturated rings. The molecule has 0 spiro atoms. The van der Waals surface area contributed by atoms with Gasteiger partial charge in [-0.05, 0) is 24.1 Å². The van der Waals surface area contributed by atoms with Crippen molar-refractivity contribution in [1.82, 2.24) is 4.98 Å². The van der Waals surface area contributed by atoms with E-state index in [2.05, 4.69) is 41.5 Å². The van der Waals surface area contributed by atoms with Gasteiger partial charge in [-0.3, -0.25) is 9.78 Å². The van der Waals surface area contributed by atoms with Gasteiger partial charge in [0.1, 0.15) is 5.69 Å². The molecule has 1 unspecified atom stereocenters. The third kappa shape index (κ3) is 3.57. The first-order chi connectivity index (χ1) is 9.70. The van der Waals surface area contributed by atoms with Crippen LogP contribution in [0.25, 0.3) is 0 Å². The highest BCUT2D eigenvalue weighted by molar-refractivity contribution is 5.91. The molecule has 0 aliphatic heterocycles. The van der Waals surface area contributed by atoms with E-state index < -0.39 is 5.91 Å². The molecule has 104 valence electrons. The van der Waals surface area contributed by atoms with Crippen LogP contribution in [0.1, 0.15) is 35.3 Å². The normalized spacial score (nSPS) is 11.8. The number of nitrogens with two attached hydrogens (primary N) is 1. The fraction of sp³-hybridized carbons (Fsp3) is 0.250. The number of anilines is 1. The molecular formula is C16H19N3O. The second-order valence-corrected chi connectivity index (χ2v) is 4.69. The Morgan fingerprint density at radius 2 is 2.05 bits per heavy atom. The third-order valence-electron chi connectivity index (χ3n) is 3.33. The van der Waals surface area contributed by atoms with Crippen LogP contribution in [0, 0.1) is 0 Å². The van der Waals surface area contributed by atoms with Crippen molar-refractivity contribution < 1.29 is 4.79 Å². The Kier molecular flexibility index (Phi) is 4.71. The second-order valence-electron chi connectivity index (χ2n) is 4.69. The number of amides is 1. The molecule has 0 aliphatic carbocycles. The van der Waals surface area contributed by atoms with Crippen LogP contribution >= 0.6 is 0 Å². The molecule has 0 radical (unpaired) electrons. The fourth-order valence-electron chi connectivity index (χ4n) is 2.14. The van der Waals surface area contributed by atoms with Gasteiger partial charge in [-0.1, -0.05) is 37.3 Å². The quantitative estimate of drug-likeness (QED) is 0.847. The number of pyridine rings is 1. The number of primary amides is 1. The summed E-state index contributed by atoms with van der Waals surface area (Å²) in [7, 11) is 0. The van der Waals surface area contributed by atoms with Gasteiger partial charge in [-0.25, -0.2) is 0 Å². The molecule has 1 amide bonds. The highest BCUT2D eigenvalue weighted by Gasteiger charge is 2.09. The zero-order valence-corrected chi connectivity index (χ0v) is 11.5. The van der Waals surface area contributed by atoms with Crippen molar-refractivity contribution in [3.63, 3.8) is 0 Å². The number of nitrogens with one attached hydrogen (secondary N) is 1. The monoisotopic (exact) mass is 269 g/mol. The summed E-state index contributed by atoms with van der Waals surface area (Å²) in [6.45, 7) is 2.98. The standard InChI is InChI=1S/C16H19N3O/c1-2-12(13-6-4-3-5-7-13)11-19-14-8-9-18-15(10-14)16(17)20/h3-10,12H,2,11H2,1H3,(H2,17,20)(H,18,19). The zero-order valence-electron chi connectivity index (χ0n) is 11.5. The molecule has 0 saturated heterocycles. The van der Waals surface area contributed by atoms with Crippen LogP contribution in [-0.4, -0.2) is 17.4 Å². The van der Waals surface area contributed by atoms with Crippen molar-refractivity contribution in [2.45, 2.75) is 19.3 Å². The summed E-state index contributed by atoms with van der Waals surface area (Å²) in [4.78, 5) is 15.0. The minimum Gasteiger partial charge on any atom is -0.384 e. The van der Waals surface area contributed by atoms with Gasteiger partial charge >= 0.3 is 0 Å². The SMILES string of the molecule is CCC(CNc1ccnc(C(N)=O)c1)c1ccccc1. The number of aromatic nitrogens is 1. The summed E-state index contributed by atoms with van der Waals surface area (Å²) in [6.07, 6.45) is 2.64. The van der Waals surface area contributed by atoms with Crippen LogP contribution in [-0.2, 0) is 0 Å². The molecule has 2 rings (SSSR count). The molecule has 1 atom stereocenters. The van der Waals surface area contributed by atoms with Crippen LogP contribution in [0.2, 0.25) is 0 Å². The Morgan fingerprint density at radius 1 is 1.30 bits per heavy atom. The van der Waals surface area contributed by atoms with Crippen molar-refractivity contribution >= 4 is 11.6 Å². The first kappa shape index (κ1) is 14.1. The van der Waals surface area contributed by atoms with E-state index in [0.29, 0.717) is 5.92 Å². The molecular weight excluding hydrogens is 250 g/mol. The van der Waals surface area contributed by atoms with Crippen LogP contribution < -0.4 is 11.1 Å². The summed E-state index contributed by atoms with van der Waals surface area (Å²) in [5, 5.41) is 3.34. The molecule has 3 N–H and O–H groups in total.